The fourth-order valence-electron chi connectivity index (χ4n) is 3.29. The molecule has 0 aliphatic carbocycles. The summed E-state index contributed by atoms with van der Waals surface area (Å²) in [5.41, 5.74) is 11.8. The van der Waals surface area contributed by atoms with Crippen LogP contribution in [-0.2, 0) is 20.0 Å². The lowest BCUT2D eigenvalue weighted by Crippen LogP contribution is -2.06. The number of imidazole rings is 1. The van der Waals surface area contributed by atoms with Gasteiger partial charge in [-0.2, -0.15) is 0 Å². The van der Waals surface area contributed by atoms with Crippen LogP contribution in [0.3, 0.4) is 0 Å². The van der Waals surface area contributed by atoms with Crippen LogP contribution in [0.15, 0.2) is 54.6 Å². The zero-order chi connectivity index (χ0) is 17.8. The van der Waals surface area contributed by atoms with Crippen molar-refractivity contribution < 1.29 is 0 Å². The Morgan fingerprint density at radius 3 is 2.36 bits per heavy atom. The second kappa shape index (κ2) is 7.70. The molecule has 4 heteroatoms. The van der Waals surface area contributed by atoms with E-state index in [1.807, 2.05) is 31.3 Å². The number of nitrogen functional groups attached to an aromatic ring is 1. The van der Waals surface area contributed by atoms with E-state index in [1.54, 1.807) is 0 Å². The Morgan fingerprint density at radius 1 is 1.00 bits per heavy atom. The number of para-hydroxylation sites is 1. The molecule has 0 saturated heterocycles. The Balaban J connectivity index is 2.17. The zero-order valence-corrected chi connectivity index (χ0v) is 15.7. The van der Waals surface area contributed by atoms with Crippen LogP contribution in [0.1, 0.15) is 31.0 Å². The van der Waals surface area contributed by atoms with Crippen LogP contribution >= 0.6 is 12.2 Å². The number of hydrogen-bond acceptors (Lipinski definition) is 2. The van der Waals surface area contributed by atoms with E-state index in [0.717, 1.165) is 47.5 Å². The number of anilines is 1. The lowest BCUT2D eigenvalue weighted by Gasteiger charge is -2.12. The summed E-state index contributed by atoms with van der Waals surface area (Å²) in [5.74, 6) is 0. The van der Waals surface area contributed by atoms with Crippen LogP contribution in [-0.4, -0.2) is 9.13 Å². The molecular formula is C21H25N3S. The van der Waals surface area contributed by atoms with Gasteiger partial charge in [0, 0.05) is 24.0 Å². The number of aromatic nitrogens is 2. The molecule has 2 N–H and O–H groups in total. The summed E-state index contributed by atoms with van der Waals surface area (Å²) in [4.78, 5) is 0. The number of benzene rings is 2. The Kier molecular flexibility index (Phi) is 5.39. The van der Waals surface area contributed by atoms with E-state index < -0.39 is 0 Å². The molecule has 0 saturated carbocycles. The second-order valence-corrected chi connectivity index (χ2v) is 6.76. The minimum Gasteiger partial charge on any atom is -0.398 e. The highest BCUT2D eigenvalue weighted by Gasteiger charge is 2.18. The maximum absolute atomic E-state index is 6.27. The van der Waals surface area contributed by atoms with Gasteiger partial charge in [0.1, 0.15) is 0 Å². The minimum atomic E-state index is 0.791. The van der Waals surface area contributed by atoms with Crippen molar-refractivity contribution in [2.24, 2.45) is 7.05 Å². The first kappa shape index (κ1) is 17.5. The van der Waals surface area contributed by atoms with Gasteiger partial charge in [-0.15, -0.1) is 0 Å². The van der Waals surface area contributed by atoms with Crippen molar-refractivity contribution in [2.75, 3.05) is 5.73 Å². The Labute approximate surface area is 154 Å². The zero-order valence-electron chi connectivity index (χ0n) is 14.9. The molecule has 1 heterocycles. The highest BCUT2D eigenvalue weighted by molar-refractivity contribution is 7.71. The van der Waals surface area contributed by atoms with Crippen molar-refractivity contribution in [3.8, 4) is 11.3 Å². The molecule has 0 radical (unpaired) electrons. The first-order valence-electron chi connectivity index (χ1n) is 8.80. The van der Waals surface area contributed by atoms with Gasteiger partial charge in [0.15, 0.2) is 4.77 Å². The van der Waals surface area contributed by atoms with Crippen LogP contribution in [0, 0.1) is 4.77 Å². The van der Waals surface area contributed by atoms with E-state index >= 15 is 0 Å². The van der Waals surface area contributed by atoms with Gasteiger partial charge in [-0.05, 0) is 36.7 Å². The molecule has 0 unspecified atom stereocenters. The Morgan fingerprint density at radius 2 is 1.68 bits per heavy atom. The number of nitrogens with two attached hydrogens (primary N) is 1. The maximum atomic E-state index is 6.27. The Bertz CT molecular complexity index is 907. The van der Waals surface area contributed by atoms with Gasteiger partial charge in [-0.1, -0.05) is 61.9 Å². The van der Waals surface area contributed by atoms with Gasteiger partial charge in [-0.25, -0.2) is 0 Å². The third-order valence-corrected chi connectivity index (χ3v) is 5.11. The normalized spacial score (nSPS) is 11.0. The summed E-state index contributed by atoms with van der Waals surface area (Å²) in [7, 11) is 2.04. The third kappa shape index (κ3) is 3.54. The lowest BCUT2D eigenvalue weighted by molar-refractivity contribution is 0.683. The van der Waals surface area contributed by atoms with E-state index in [2.05, 4.69) is 46.4 Å². The van der Waals surface area contributed by atoms with Gasteiger partial charge in [0.05, 0.1) is 12.2 Å². The van der Waals surface area contributed by atoms with Crippen molar-refractivity contribution in [1.82, 2.24) is 9.13 Å². The summed E-state index contributed by atoms with van der Waals surface area (Å²) in [6, 6.07) is 18.5. The number of unbranched alkanes of at least 4 members (excludes halogenated alkanes) is 1. The molecule has 130 valence electrons. The molecule has 2 aromatic carbocycles. The van der Waals surface area contributed by atoms with Gasteiger partial charge in [0.2, 0.25) is 0 Å². The van der Waals surface area contributed by atoms with Crippen molar-refractivity contribution in [2.45, 2.75) is 32.7 Å². The van der Waals surface area contributed by atoms with Crippen molar-refractivity contribution in [1.29, 1.82) is 0 Å². The van der Waals surface area contributed by atoms with Gasteiger partial charge < -0.3 is 14.9 Å². The van der Waals surface area contributed by atoms with E-state index in [1.165, 1.54) is 11.3 Å². The summed E-state index contributed by atoms with van der Waals surface area (Å²) in [6.07, 6.45) is 3.28. The molecule has 0 amide bonds. The monoisotopic (exact) mass is 351 g/mol. The molecule has 0 aliphatic rings. The predicted octanol–water partition coefficient (Wildman–Crippen LogP) is 5.20. The molecule has 0 bridgehead atoms. The quantitative estimate of drug-likeness (QED) is 0.490. The SMILES string of the molecule is CCCCc1c(-c2ccccc2N)n(C)c(=S)n1Cc1ccccc1. The average molecular weight is 352 g/mol. The summed E-state index contributed by atoms with van der Waals surface area (Å²) in [5, 5.41) is 0. The molecule has 3 aromatic rings. The van der Waals surface area contributed by atoms with Crippen molar-refractivity contribution in [3.63, 3.8) is 0 Å². The molecule has 3 nitrogen and oxygen atoms in total. The van der Waals surface area contributed by atoms with Crippen molar-refractivity contribution >= 4 is 17.9 Å². The van der Waals surface area contributed by atoms with Crippen LogP contribution in [0.5, 0.6) is 0 Å². The number of nitrogens with zero attached hydrogens (tertiary/aromatic N) is 2. The lowest BCUT2D eigenvalue weighted by atomic mass is 10.0. The van der Waals surface area contributed by atoms with Gasteiger partial charge >= 0.3 is 0 Å². The largest absolute Gasteiger partial charge is 0.398 e. The molecule has 25 heavy (non-hydrogen) atoms. The van der Waals surface area contributed by atoms with Crippen molar-refractivity contribution in [3.05, 3.63) is 70.6 Å². The first-order chi connectivity index (χ1) is 12.1. The Hall–Kier alpha value is -2.33. The molecule has 0 aliphatic heterocycles. The summed E-state index contributed by atoms with van der Waals surface area (Å²) < 4.78 is 5.21. The molecule has 0 fully saturated rings. The van der Waals surface area contributed by atoms with Crippen LogP contribution in [0.4, 0.5) is 5.69 Å². The minimum absolute atomic E-state index is 0.791. The molecule has 1 aromatic heterocycles. The van der Waals surface area contributed by atoms with E-state index in [4.69, 9.17) is 18.0 Å². The first-order valence-corrected chi connectivity index (χ1v) is 9.21. The number of rotatable bonds is 6. The van der Waals surface area contributed by atoms with E-state index in [-0.39, 0.29) is 0 Å². The van der Waals surface area contributed by atoms with Gasteiger partial charge in [-0.3, -0.25) is 0 Å². The molecule has 3 rings (SSSR count). The van der Waals surface area contributed by atoms with Gasteiger partial charge in [0.25, 0.3) is 0 Å². The van der Waals surface area contributed by atoms with Crippen LogP contribution in [0.2, 0.25) is 0 Å². The fourth-order valence-corrected chi connectivity index (χ4v) is 3.56. The average Bonchev–Trinajstić information content (AvgIpc) is 2.86. The topological polar surface area (TPSA) is 35.9 Å². The third-order valence-electron chi connectivity index (χ3n) is 4.62. The van der Waals surface area contributed by atoms with Crippen LogP contribution < -0.4 is 5.73 Å². The number of hydrogen-bond donors (Lipinski definition) is 1. The highest BCUT2D eigenvalue weighted by Crippen LogP contribution is 2.31. The maximum Gasteiger partial charge on any atom is 0.180 e. The van der Waals surface area contributed by atoms with E-state index in [9.17, 15) is 0 Å². The standard InChI is InChI=1S/C21H25N3S/c1-3-4-14-19-20(17-12-8-9-13-18(17)22)23(2)21(25)24(19)15-16-10-6-5-7-11-16/h5-13H,3-4,14-15,22H2,1-2H3. The molecular weight excluding hydrogens is 326 g/mol. The summed E-state index contributed by atoms with van der Waals surface area (Å²) in [6.45, 7) is 3.01. The second-order valence-electron chi connectivity index (χ2n) is 6.40. The predicted molar refractivity (Wildman–Crippen MR) is 108 cm³/mol. The van der Waals surface area contributed by atoms with Crippen LogP contribution in [0.25, 0.3) is 11.3 Å². The van der Waals surface area contributed by atoms with E-state index in [0.29, 0.717) is 0 Å². The molecule has 0 atom stereocenters. The summed E-state index contributed by atoms with van der Waals surface area (Å²) >= 11 is 5.78. The highest BCUT2D eigenvalue weighted by atomic mass is 32.1. The fraction of sp³-hybridized carbons (Fsp3) is 0.286. The molecule has 0 spiro atoms. The smallest absolute Gasteiger partial charge is 0.180 e.